The van der Waals surface area contributed by atoms with E-state index in [9.17, 15) is 19.5 Å². The molecule has 1 N–H and O–H groups in total. The van der Waals surface area contributed by atoms with E-state index in [0.717, 1.165) is 44.1 Å². The van der Waals surface area contributed by atoms with Crippen molar-refractivity contribution in [3.8, 4) is 0 Å². The Labute approximate surface area is 193 Å². The highest BCUT2D eigenvalue weighted by atomic mass is 16.4. The van der Waals surface area contributed by atoms with Crippen LogP contribution >= 0.6 is 0 Å². The molecular formula is C28H40O4. The average Bonchev–Trinajstić information content (AvgIpc) is 2.68. The number of hydrogen-bond acceptors (Lipinski definition) is 3. The molecule has 4 nitrogen and oxygen atoms in total. The molecular weight excluding hydrogens is 400 g/mol. The van der Waals surface area contributed by atoms with E-state index in [1.54, 1.807) is 0 Å². The topological polar surface area (TPSA) is 71.4 Å². The van der Waals surface area contributed by atoms with Gasteiger partial charge in [-0.2, -0.15) is 0 Å². The predicted octanol–water partition coefficient (Wildman–Crippen LogP) is 7.08. The molecule has 0 unspecified atom stereocenters. The van der Waals surface area contributed by atoms with E-state index in [2.05, 4.69) is 45.9 Å². The van der Waals surface area contributed by atoms with Gasteiger partial charge in [0.25, 0.3) is 0 Å². The van der Waals surface area contributed by atoms with Gasteiger partial charge in [0.2, 0.25) is 0 Å². The second-order valence-electron chi connectivity index (χ2n) is 9.44. The average molecular weight is 441 g/mol. The van der Waals surface area contributed by atoms with Gasteiger partial charge in [0.1, 0.15) is 0 Å². The van der Waals surface area contributed by atoms with Crippen LogP contribution in [0.4, 0.5) is 0 Å². The van der Waals surface area contributed by atoms with E-state index in [-0.39, 0.29) is 24.4 Å². The van der Waals surface area contributed by atoms with Crippen molar-refractivity contribution in [2.45, 2.75) is 92.4 Å². The van der Waals surface area contributed by atoms with Crippen LogP contribution in [0.15, 0.2) is 58.7 Å². The highest BCUT2D eigenvalue weighted by molar-refractivity contribution is 6.09. The third-order valence-electron chi connectivity index (χ3n) is 5.94. The maximum absolute atomic E-state index is 12.4. The first-order chi connectivity index (χ1) is 15.0. The molecule has 0 heterocycles. The Kier molecular flexibility index (Phi) is 11.9. The lowest BCUT2D eigenvalue weighted by Crippen LogP contribution is -2.37. The molecule has 0 aromatic rings. The maximum Gasteiger partial charge on any atom is 0.304 e. The molecule has 4 heteroatoms. The molecule has 0 saturated carbocycles. The zero-order valence-electron chi connectivity index (χ0n) is 20.5. The van der Waals surface area contributed by atoms with E-state index in [0.29, 0.717) is 6.42 Å². The summed E-state index contributed by atoms with van der Waals surface area (Å²) in [4.78, 5) is 35.5. The van der Waals surface area contributed by atoms with Gasteiger partial charge in [-0.15, -0.1) is 0 Å². The summed E-state index contributed by atoms with van der Waals surface area (Å²) in [5.41, 5.74) is 4.15. The first kappa shape index (κ1) is 27.5. The predicted molar refractivity (Wildman–Crippen MR) is 131 cm³/mol. The largest absolute Gasteiger partial charge is 0.481 e. The fourth-order valence-electron chi connectivity index (χ4n) is 3.87. The van der Waals surface area contributed by atoms with E-state index in [4.69, 9.17) is 0 Å². The Balaban J connectivity index is 2.53. The van der Waals surface area contributed by atoms with Crippen LogP contribution in [-0.4, -0.2) is 22.6 Å². The highest BCUT2D eigenvalue weighted by Crippen LogP contribution is 2.37. The van der Waals surface area contributed by atoms with Crippen molar-refractivity contribution in [3.05, 3.63) is 58.7 Å². The van der Waals surface area contributed by atoms with Crippen molar-refractivity contribution < 1.29 is 19.5 Å². The van der Waals surface area contributed by atoms with Crippen molar-refractivity contribution in [1.29, 1.82) is 0 Å². The quantitative estimate of drug-likeness (QED) is 0.311. The number of aliphatic carboxylic acids is 1. The smallest absolute Gasteiger partial charge is 0.304 e. The number of carbonyl (C=O) groups excluding carboxylic acids is 2. The van der Waals surface area contributed by atoms with Crippen LogP contribution < -0.4 is 0 Å². The molecule has 0 aliphatic heterocycles. The van der Waals surface area contributed by atoms with Crippen molar-refractivity contribution in [3.63, 3.8) is 0 Å². The summed E-state index contributed by atoms with van der Waals surface area (Å²) >= 11 is 0. The van der Waals surface area contributed by atoms with Crippen molar-refractivity contribution in [1.82, 2.24) is 0 Å². The van der Waals surface area contributed by atoms with Gasteiger partial charge in [-0.1, -0.05) is 46.6 Å². The lowest BCUT2D eigenvalue weighted by Gasteiger charge is -2.30. The Bertz CT molecular complexity index is 831. The summed E-state index contributed by atoms with van der Waals surface area (Å²) in [6.45, 7) is 10.6. The van der Waals surface area contributed by atoms with Gasteiger partial charge in [0.05, 0.1) is 11.8 Å². The second-order valence-corrected chi connectivity index (χ2v) is 9.44. The first-order valence-electron chi connectivity index (χ1n) is 11.6. The van der Waals surface area contributed by atoms with Gasteiger partial charge in [-0.3, -0.25) is 14.4 Å². The SMILES string of the molecule is CC(C)=CCCC(C)=CCCC(C)=CCCC(C)=CC[C@@]1(CC(=O)O)CC(=O)C=CC1=O. The number of hydrogen-bond donors (Lipinski definition) is 1. The fraction of sp³-hybridized carbons (Fsp3) is 0.536. The Morgan fingerprint density at radius 2 is 1.34 bits per heavy atom. The van der Waals surface area contributed by atoms with Gasteiger partial charge >= 0.3 is 5.97 Å². The molecule has 176 valence electrons. The molecule has 32 heavy (non-hydrogen) atoms. The monoisotopic (exact) mass is 440 g/mol. The first-order valence-corrected chi connectivity index (χ1v) is 11.6. The van der Waals surface area contributed by atoms with Crippen molar-refractivity contribution >= 4 is 17.5 Å². The second kappa shape index (κ2) is 13.8. The number of allylic oxidation sites excluding steroid dienone is 10. The summed E-state index contributed by atoms with van der Waals surface area (Å²) in [5, 5.41) is 9.25. The third kappa shape index (κ3) is 10.7. The van der Waals surface area contributed by atoms with Crippen LogP contribution in [0.1, 0.15) is 92.4 Å². The minimum absolute atomic E-state index is 0.0291. The van der Waals surface area contributed by atoms with Crippen LogP contribution in [0.25, 0.3) is 0 Å². The molecule has 1 aliphatic carbocycles. The van der Waals surface area contributed by atoms with Gasteiger partial charge in [0.15, 0.2) is 11.6 Å². The maximum atomic E-state index is 12.4. The number of carbonyl (C=O) groups is 3. The van der Waals surface area contributed by atoms with Crippen LogP contribution in [0.5, 0.6) is 0 Å². The molecule has 0 saturated heterocycles. The molecule has 0 spiro atoms. The lowest BCUT2D eigenvalue weighted by atomic mass is 9.70. The number of ketones is 2. The van der Waals surface area contributed by atoms with Crippen molar-refractivity contribution in [2.75, 3.05) is 0 Å². The Hall–Kier alpha value is -2.49. The minimum Gasteiger partial charge on any atom is -0.481 e. The Morgan fingerprint density at radius 3 is 1.84 bits per heavy atom. The summed E-state index contributed by atoms with van der Waals surface area (Å²) in [7, 11) is 0. The molecule has 0 fully saturated rings. The molecule has 1 aliphatic rings. The van der Waals surface area contributed by atoms with E-state index in [1.807, 2.05) is 13.0 Å². The third-order valence-corrected chi connectivity index (χ3v) is 5.94. The summed E-state index contributed by atoms with van der Waals surface area (Å²) in [6, 6.07) is 0. The van der Waals surface area contributed by atoms with E-state index >= 15 is 0 Å². The number of carboxylic acids is 1. The molecule has 0 bridgehead atoms. The molecule has 0 amide bonds. The molecule has 1 atom stereocenters. The molecule has 0 aromatic heterocycles. The number of carboxylic acid groups (broad SMARTS) is 1. The molecule has 0 radical (unpaired) electrons. The van der Waals surface area contributed by atoms with Crippen LogP contribution in [0, 0.1) is 5.41 Å². The van der Waals surface area contributed by atoms with Gasteiger partial charge in [-0.25, -0.2) is 0 Å². The van der Waals surface area contributed by atoms with Crippen LogP contribution in [0.3, 0.4) is 0 Å². The van der Waals surface area contributed by atoms with Crippen molar-refractivity contribution in [2.24, 2.45) is 5.41 Å². The summed E-state index contributed by atoms with van der Waals surface area (Å²) < 4.78 is 0. The van der Waals surface area contributed by atoms with Crippen LogP contribution in [-0.2, 0) is 14.4 Å². The van der Waals surface area contributed by atoms with E-state index < -0.39 is 11.4 Å². The lowest BCUT2D eigenvalue weighted by molar-refractivity contribution is -0.144. The summed E-state index contributed by atoms with van der Waals surface area (Å²) in [5.74, 6) is -1.49. The van der Waals surface area contributed by atoms with E-state index in [1.165, 1.54) is 28.9 Å². The molecule has 0 aromatic carbocycles. The standard InChI is InChI=1S/C28H40O4/c1-21(2)9-6-10-22(3)11-7-12-23(4)13-8-14-24(5)17-18-28(20-27(31)32)19-25(29)15-16-26(28)30/h9,11,13,15-17H,6-8,10,12,14,18-20H2,1-5H3,(H,31,32)/t28-/m0/s1. The minimum atomic E-state index is -1.14. The summed E-state index contributed by atoms with van der Waals surface area (Å²) in [6.07, 6.45) is 17.3. The zero-order chi connectivity index (χ0) is 24.1. The zero-order valence-corrected chi connectivity index (χ0v) is 20.5. The Morgan fingerprint density at radius 1 is 0.844 bits per heavy atom. The van der Waals surface area contributed by atoms with Crippen LogP contribution in [0.2, 0.25) is 0 Å². The highest BCUT2D eigenvalue weighted by Gasteiger charge is 2.41. The van der Waals surface area contributed by atoms with Gasteiger partial charge in [0, 0.05) is 6.42 Å². The fourth-order valence-corrected chi connectivity index (χ4v) is 3.87. The normalized spacial score (nSPS) is 20.0. The number of rotatable bonds is 13. The van der Waals surface area contributed by atoms with Gasteiger partial charge in [-0.05, 0) is 91.7 Å². The van der Waals surface area contributed by atoms with Gasteiger partial charge < -0.3 is 5.11 Å². The molecule has 1 rings (SSSR count).